The van der Waals surface area contributed by atoms with E-state index in [-0.39, 0.29) is 0 Å². The molecule has 0 unspecified atom stereocenters. The molecular weight excluding hydrogens is 314 g/mol. The number of hydrogen-bond donors (Lipinski definition) is 1. The molecule has 0 atom stereocenters. The summed E-state index contributed by atoms with van der Waals surface area (Å²) < 4.78 is 3.12. The van der Waals surface area contributed by atoms with Crippen molar-refractivity contribution in [1.82, 2.24) is 9.55 Å². The van der Waals surface area contributed by atoms with Crippen molar-refractivity contribution in [2.45, 2.75) is 6.54 Å². The molecule has 0 saturated carbocycles. The fraction of sp³-hybridized carbons (Fsp3) is 0.0625. The van der Waals surface area contributed by atoms with Crippen LogP contribution < -0.4 is 5.32 Å². The molecule has 2 aromatic carbocycles. The Bertz CT molecular complexity index is 692. The Labute approximate surface area is 126 Å². The summed E-state index contributed by atoms with van der Waals surface area (Å²) in [6.07, 6.45) is 5.53. The lowest BCUT2D eigenvalue weighted by atomic mass is 10.2. The minimum Gasteiger partial charge on any atom is -0.379 e. The second kappa shape index (κ2) is 5.92. The van der Waals surface area contributed by atoms with Crippen molar-refractivity contribution in [3.05, 3.63) is 77.3 Å². The van der Waals surface area contributed by atoms with Crippen molar-refractivity contribution >= 4 is 21.6 Å². The summed E-state index contributed by atoms with van der Waals surface area (Å²) in [5, 5.41) is 3.48. The van der Waals surface area contributed by atoms with Crippen LogP contribution in [-0.4, -0.2) is 9.55 Å². The molecule has 0 fully saturated rings. The fourth-order valence-corrected chi connectivity index (χ4v) is 2.51. The van der Waals surface area contributed by atoms with E-state index >= 15 is 0 Å². The van der Waals surface area contributed by atoms with E-state index in [0.717, 1.165) is 22.4 Å². The van der Waals surface area contributed by atoms with E-state index in [0.29, 0.717) is 0 Å². The number of para-hydroxylation sites is 2. The molecule has 0 bridgehead atoms. The summed E-state index contributed by atoms with van der Waals surface area (Å²) in [5.74, 6) is 0. The molecule has 0 radical (unpaired) electrons. The lowest BCUT2D eigenvalue weighted by Gasteiger charge is -2.13. The molecular formula is C16H14BrN3. The number of aromatic nitrogens is 2. The van der Waals surface area contributed by atoms with Crippen molar-refractivity contribution in [1.29, 1.82) is 0 Å². The van der Waals surface area contributed by atoms with Crippen molar-refractivity contribution in [3.8, 4) is 5.69 Å². The van der Waals surface area contributed by atoms with Gasteiger partial charge in [0.15, 0.2) is 0 Å². The molecule has 0 aliphatic carbocycles. The molecule has 0 aliphatic heterocycles. The average Bonchev–Trinajstić information content (AvgIpc) is 3.01. The molecule has 3 rings (SSSR count). The average molecular weight is 328 g/mol. The number of hydrogen-bond acceptors (Lipinski definition) is 2. The van der Waals surface area contributed by atoms with Crippen LogP contribution in [0.2, 0.25) is 0 Å². The van der Waals surface area contributed by atoms with Gasteiger partial charge in [0.05, 0.1) is 17.7 Å². The number of nitrogens with one attached hydrogen (secondary N) is 1. The Morgan fingerprint density at radius 2 is 1.85 bits per heavy atom. The third-order valence-electron chi connectivity index (χ3n) is 3.11. The van der Waals surface area contributed by atoms with Crippen LogP contribution in [0.3, 0.4) is 0 Å². The zero-order chi connectivity index (χ0) is 13.8. The van der Waals surface area contributed by atoms with E-state index in [4.69, 9.17) is 0 Å². The Morgan fingerprint density at radius 1 is 1.05 bits per heavy atom. The minimum atomic E-state index is 0.771. The molecule has 3 nitrogen and oxygen atoms in total. The van der Waals surface area contributed by atoms with Gasteiger partial charge in [-0.1, -0.05) is 46.3 Å². The van der Waals surface area contributed by atoms with E-state index in [1.807, 2.05) is 35.0 Å². The number of nitrogens with zero attached hydrogens (tertiary/aromatic N) is 2. The van der Waals surface area contributed by atoms with Crippen LogP contribution in [0, 0.1) is 0 Å². The first-order valence-electron chi connectivity index (χ1n) is 6.39. The first-order chi connectivity index (χ1) is 9.84. The first-order valence-corrected chi connectivity index (χ1v) is 7.18. The van der Waals surface area contributed by atoms with Crippen molar-refractivity contribution < 1.29 is 0 Å². The predicted molar refractivity (Wildman–Crippen MR) is 85.0 cm³/mol. The van der Waals surface area contributed by atoms with E-state index < -0.39 is 0 Å². The predicted octanol–water partition coefficient (Wildman–Crippen LogP) is 4.25. The van der Waals surface area contributed by atoms with E-state index in [2.05, 4.69) is 50.5 Å². The quantitative estimate of drug-likeness (QED) is 0.776. The van der Waals surface area contributed by atoms with Gasteiger partial charge < -0.3 is 9.88 Å². The lowest BCUT2D eigenvalue weighted by molar-refractivity contribution is 1.04. The Kier molecular flexibility index (Phi) is 3.83. The van der Waals surface area contributed by atoms with Gasteiger partial charge in [-0.25, -0.2) is 4.98 Å². The highest BCUT2D eigenvalue weighted by Gasteiger charge is 2.04. The third-order valence-corrected chi connectivity index (χ3v) is 3.89. The maximum Gasteiger partial charge on any atom is 0.0992 e. The molecule has 1 N–H and O–H groups in total. The SMILES string of the molecule is Brc1ccccc1CNc1ccccc1-n1ccnc1. The maximum absolute atomic E-state index is 4.10. The standard InChI is InChI=1S/C16H14BrN3/c17-14-6-2-1-5-13(14)11-19-15-7-3-4-8-16(15)20-10-9-18-12-20/h1-10,12,19H,11H2. The van der Waals surface area contributed by atoms with Gasteiger partial charge in [-0.15, -0.1) is 0 Å². The van der Waals surface area contributed by atoms with Gasteiger partial charge in [-0.05, 0) is 23.8 Å². The number of benzene rings is 2. The summed E-state index contributed by atoms with van der Waals surface area (Å²) in [4.78, 5) is 4.10. The van der Waals surface area contributed by atoms with Crippen LogP contribution in [0.5, 0.6) is 0 Å². The number of anilines is 1. The second-order valence-corrected chi connectivity index (χ2v) is 5.29. The molecule has 20 heavy (non-hydrogen) atoms. The topological polar surface area (TPSA) is 29.9 Å². The van der Waals surface area contributed by atoms with Gasteiger partial charge in [0.2, 0.25) is 0 Å². The highest BCUT2D eigenvalue weighted by molar-refractivity contribution is 9.10. The molecule has 1 aromatic heterocycles. The number of rotatable bonds is 4. The van der Waals surface area contributed by atoms with E-state index in [9.17, 15) is 0 Å². The minimum absolute atomic E-state index is 0.771. The molecule has 0 aliphatic rings. The van der Waals surface area contributed by atoms with Crippen LogP contribution in [0.15, 0.2) is 71.7 Å². The number of halogens is 1. The summed E-state index contributed by atoms with van der Waals surface area (Å²) in [5.41, 5.74) is 3.41. The number of imidazole rings is 1. The van der Waals surface area contributed by atoms with Gasteiger partial charge in [0.1, 0.15) is 0 Å². The zero-order valence-electron chi connectivity index (χ0n) is 10.8. The fourth-order valence-electron chi connectivity index (χ4n) is 2.08. The molecule has 1 heterocycles. The molecule has 0 amide bonds. The molecule has 3 aromatic rings. The van der Waals surface area contributed by atoms with E-state index in [1.165, 1.54) is 5.56 Å². The Balaban J connectivity index is 1.84. The van der Waals surface area contributed by atoms with Gasteiger partial charge in [0, 0.05) is 23.4 Å². The van der Waals surface area contributed by atoms with Gasteiger partial charge in [-0.2, -0.15) is 0 Å². The lowest BCUT2D eigenvalue weighted by Crippen LogP contribution is -2.04. The second-order valence-electron chi connectivity index (χ2n) is 4.43. The van der Waals surface area contributed by atoms with Crippen molar-refractivity contribution in [2.24, 2.45) is 0 Å². The van der Waals surface area contributed by atoms with Crippen LogP contribution >= 0.6 is 15.9 Å². The normalized spacial score (nSPS) is 10.4. The maximum atomic E-state index is 4.10. The van der Waals surface area contributed by atoms with Crippen molar-refractivity contribution in [3.63, 3.8) is 0 Å². The smallest absolute Gasteiger partial charge is 0.0992 e. The van der Waals surface area contributed by atoms with Crippen LogP contribution in [0.1, 0.15) is 5.56 Å². The van der Waals surface area contributed by atoms with Crippen molar-refractivity contribution in [2.75, 3.05) is 5.32 Å². The highest BCUT2D eigenvalue weighted by Crippen LogP contribution is 2.22. The van der Waals surface area contributed by atoms with Gasteiger partial charge >= 0.3 is 0 Å². The molecule has 100 valence electrons. The largest absolute Gasteiger partial charge is 0.379 e. The van der Waals surface area contributed by atoms with Gasteiger partial charge in [-0.3, -0.25) is 0 Å². The summed E-state index contributed by atoms with van der Waals surface area (Å²) in [6, 6.07) is 16.4. The monoisotopic (exact) mass is 327 g/mol. The molecule has 0 spiro atoms. The third kappa shape index (κ3) is 2.75. The zero-order valence-corrected chi connectivity index (χ0v) is 12.4. The summed E-state index contributed by atoms with van der Waals surface area (Å²) in [7, 11) is 0. The van der Waals surface area contributed by atoms with E-state index in [1.54, 1.807) is 12.5 Å². The first kappa shape index (κ1) is 12.9. The molecule has 4 heteroatoms. The van der Waals surface area contributed by atoms with Crippen LogP contribution in [-0.2, 0) is 6.54 Å². The Hall–Kier alpha value is -2.07. The van der Waals surface area contributed by atoms with Gasteiger partial charge in [0.25, 0.3) is 0 Å². The van der Waals surface area contributed by atoms with Crippen LogP contribution in [0.25, 0.3) is 5.69 Å². The summed E-state index contributed by atoms with van der Waals surface area (Å²) in [6.45, 7) is 0.771. The summed E-state index contributed by atoms with van der Waals surface area (Å²) >= 11 is 3.57. The molecule has 0 saturated heterocycles. The van der Waals surface area contributed by atoms with Crippen LogP contribution in [0.4, 0.5) is 5.69 Å². The highest BCUT2D eigenvalue weighted by atomic mass is 79.9. The Morgan fingerprint density at radius 3 is 2.65 bits per heavy atom.